The molecule has 6 heteroatoms. The fraction of sp³-hybridized carbons (Fsp3) is 0.818. The van der Waals surface area contributed by atoms with Gasteiger partial charge in [-0.25, -0.2) is 0 Å². The van der Waals surface area contributed by atoms with Gasteiger partial charge in [-0.3, -0.25) is 16.0 Å². The smallest absolute Gasteiger partial charge is 0.0843 e. The van der Waals surface area contributed by atoms with Gasteiger partial charge in [-0.2, -0.15) is 11.8 Å². The van der Waals surface area contributed by atoms with Crippen molar-refractivity contribution in [3.8, 4) is 0 Å². The van der Waals surface area contributed by atoms with E-state index in [1.807, 2.05) is 25.0 Å². The molecule has 0 aliphatic heterocycles. The molecule has 0 aromatic carbocycles. The van der Waals surface area contributed by atoms with Crippen LogP contribution in [0.2, 0.25) is 0 Å². The molecule has 1 aromatic rings. The lowest BCUT2D eigenvalue weighted by Gasteiger charge is -2.16. The number of aromatic nitrogens is 3. The summed E-state index contributed by atoms with van der Waals surface area (Å²) in [5.74, 6) is 6.65. The summed E-state index contributed by atoms with van der Waals surface area (Å²) < 4.78 is 1.73. The van der Waals surface area contributed by atoms with E-state index < -0.39 is 0 Å². The van der Waals surface area contributed by atoms with Crippen molar-refractivity contribution in [2.75, 3.05) is 5.75 Å². The topological polar surface area (TPSA) is 68.8 Å². The zero-order valence-electron chi connectivity index (χ0n) is 10.3. The average molecular weight is 255 g/mol. The maximum Gasteiger partial charge on any atom is 0.0843 e. The van der Waals surface area contributed by atoms with E-state index in [0.717, 1.165) is 23.1 Å². The van der Waals surface area contributed by atoms with Crippen LogP contribution in [-0.4, -0.2) is 32.0 Å². The predicted molar refractivity (Wildman–Crippen MR) is 70.5 cm³/mol. The SMILES string of the molecule is Cn1cc(CC(CSC2CCCC2)NN)nn1. The van der Waals surface area contributed by atoms with Gasteiger partial charge in [0.2, 0.25) is 0 Å². The number of nitrogens with one attached hydrogen (secondary N) is 1. The third-order valence-electron chi connectivity index (χ3n) is 3.18. The summed E-state index contributed by atoms with van der Waals surface area (Å²) in [5.41, 5.74) is 3.89. The Bertz CT molecular complexity index is 334. The second-order valence-corrected chi connectivity index (χ2v) is 6.02. The highest BCUT2D eigenvalue weighted by atomic mass is 32.2. The zero-order valence-corrected chi connectivity index (χ0v) is 11.1. The summed E-state index contributed by atoms with van der Waals surface area (Å²) in [7, 11) is 1.88. The van der Waals surface area contributed by atoms with E-state index in [-0.39, 0.29) is 6.04 Å². The van der Waals surface area contributed by atoms with E-state index in [1.165, 1.54) is 25.7 Å². The lowest BCUT2D eigenvalue weighted by atomic mass is 10.2. The van der Waals surface area contributed by atoms with Gasteiger partial charge in [0.05, 0.1) is 5.69 Å². The van der Waals surface area contributed by atoms with Crippen LogP contribution in [-0.2, 0) is 13.5 Å². The first-order valence-electron chi connectivity index (χ1n) is 6.21. The number of hydrogen-bond acceptors (Lipinski definition) is 5. The Kier molecular flexibility index (Phi) is 4.82. The van der Waals surface area contributed by atoms with Crippen LogP contribution in [0.15, 0.2) is 6.20 Å². The van der Waals surface area contributed by atoms with Crippen molar-refractivity contribution in [3.05, 3.63) is 11.9 Å². The van der Waals surface area contributed by atoms with E-state index in [1.54, 1.807) is 4.68 Å². The third kappa shape index (κ3) is 3.97. The quantitative estimate of drug-likeness (QED) is 0.583. The van der Waals surface area contributed by atoms with Crippen molar-refractivity contribution in [1.82, 2.24) is 20.4 Å². The van der Waals surface area contributed by atoms with Crippen molar-refractivity contribution in [2.24, 2.45) is 12.9 Å². The molecule has 0 spiro atoms. The molecule has 5 nitrogen and oxygen atoms in total. The van der Waals surface area contributed by atoms with Crippen molar-refractivity contribution in [2.45, 2.75) is 43.4 Å². The van der Waals surface area contributed by atoms with Crippen LogP contribution in [0.4, 0.5) is 0 Å². The average Bonchev–Trinajstić information content (AvgIpc) is 2.96. The van der Waals surface area contributed by atoms with Crippen LogP contribution in [0.3, 0.4) is 0 Å². The Hall–Kier alpha value is -0.590. The molecule has 0 saturated heterocycles. The number of nitrogens with two attached hydrogens (primary N) is 1. The predicted octanol–water partition coefficient (Wildman–Crippen LogP) is 0.865. The summed E-state index contributed by atoms with van der Waals surface area (Å²) in [6, 6.07) is 0.289. The highest BCUT2D eigenvalue weighted by Crippen LogP contribution is 2.29. The first kappa shape index (κ1) is 12.9. The number of aryl methyl sites for hydroxylation is 1. The molecule has 1 aromatic heterocycles. The highest BCUT2D eigenvalue weighted by Gasteiger charge is 2.18. The van der Waals surface area contributed by atoms with Crippen LogP contribution in [0.25, 0.3) is 0 Å². The Morgan fingerprint density at radius 3 is 2.94 bits per heavy atom. The van der Waals surface area contributed by atoms with Gasteiger partial charge in [-0.05, 0) is 12.8 Å². The number of thioether (sulfide) groups is 1. The van der Waals surface area contributed by atoms with Crippen LogP contribution in [0.5, 0.6) is 0 Å². The molecule has 2 rings (SSSR count). The lowest BCUT2D eigenvalue weighted by Crippen LogP contribution is -2.39. The molecule has 1 saturated carbocycles. The number of nitrogens with zero attached hydrogens (tertiary/aromatic N) is 3. The summed E-state index contributed by atoms with van der Waals surface area (Å²) in [6.07, 6.45) is 8.32. The van der Waals surface area contributed by atoms with Crippen LogP contribution in [0.1, 0.15) is 31.4 Å². The Morgan fingerprint density at radius 2 is 2.35 bits per heavy atom. The van der Waals surface area contributed by atoms with Crippen LogP contribution >= 0.6 is 11.8 Å². The largest absolute Gasteiger partial charge is 0.271 e. The molecule has 1 atom stereocenters. The second kappa shape index (κ2) is 6.37. The lowest BCUT2D eigenvalue weighted by molar-refractivity contribution is 0.567. The fourth-order valence-corrected chi connectivity index (χ4v) is 3.60. The molecule has 0 bridgehead atoms. The molecule has 17 heavy (non-hydrogen) atoms. The molecular weight excluding hydrogens is 234 g/mol. The van der Waals surface area contributed by atoms with Crippen LogP contribution in [0, 0.1) is 0 Å². The highest BCUT2D eigenvalue weighted by molar-refractivity contribution is 7.99. The van der Waals surface area contributed by atoms with Crippen molar-refractivity contribution >= 4 is 11.8 Å². The molecule has 3 N–H and O–H groups in total. The molecule has 1 fully saturated rings. The second-order valence-electron chi connectivity index (χ2n) is 4.69. The molecule has 1 aliphatic rings. The van der Waals surface area contributed by atoms with E-state index >= 15 is 0 Å². The van der Waals surface area contributed by atoms with Crippen molar-refractivity contribution < 1.29 is 0 Å². The van der Waals surface area contributed by atoms with Gasteiger partial charge < -0.3 is 0 Å². The van der Waals surface area contributed by atoms with Crippen molar-refractivity contribution in [1.29, 1.82) is 0 Å². The first-order valence-corrected chi connectivity index (χ1v) is 7.25. The van der Waals surface area contributed by atoms with Gasteiger partial charge in [0.25, 0.3) is 0 Å². The maximum atomic E-state index is 5.59. The van der Waals surface area contributed by atoms with Crippen LogP contribution < -0.4 is 11.3 Å². The van der Waals surface area contributed by atoms with E-state index in [9.17, 15) is 0 Å². The van der Waals surface area contributed by atoms with E-state index in [4.69, 9.17) is 5.84 Å². The number of rotatable bonds is 6. The summed E-state index contributed by atoms with van der Waals surface area (Å²) >= 11 is 2.05. The monoisotopic (exact) mass is 255 g/mol. The van der Waals surface area contributed by atoms with Gasteiger partial charge >= 0.3 is 0 Å². The zero-order chi connectivity index (χ0) is 12.1. The Morgan fingerprint density at radius 1 is 1.59 bits per heavy atom. The minimum atomic E-state index is 0.289. The van der Waals surface area contributed by atoms with Gasteiger partial charge in [-0.1, -0.05) is 18.1 Å². The van der Waals surface area contributed by atoms with Gasteiger partial charge in [0.1, 0.15) is 0 Å². The van der Waals surface area contributed by atoms with E-state index in [2.05, 4.69) is 15.7 Å². The number of hydrazine groups is 1. The number of hydrogen-bond donors (Lipinski definition) is 2. The molecule has 96 valence electrons. The molecular formula is C11H21N5S. The Labute approximate surface area is 106 Å². The van der Waals surface area contributed by atoms with E-state index in [0.29, 0.717) is 0 Å². The summed E-state index contributed by atoms with van der Waals surface area (Å²) in [6.45, 7) is 0. The van der Waals surface area contributed by atoms with Gasteiger partial charge in [-0.15, -0.1) is 5.10 Å². The minimum Gasteiger partial charge on any atom is -0.271 e. The standard InChI is InChI=1S/C11H21N5S/c1-16-7-9(14-15-16)6-10(13-12)8-17-11-4-2-3-5-11/h7,10-11,13H,2-6,8,12H2,1H3. The van der Waals surface area contributed by atoms with Gasteiger partial charge in [0, 0.05) is 36.7 Å². The molecule has 0 radical (unpaired) electrons. The third-order valence-corrected chi connectivity index (χ3v) is 4.71. The normalized spacial score (nSPS) is 18.7. The maximum absolute atomic E-state index is 5.59. The molecule has 0 amide bonds. The van der Waals surface area contributed by atoms with Crippen molar-refractivity contribution in [3.63, 3.8) is 0 Å². The Balaban J connectivity index is 1.75. The minimum absolute atomic E-state index is 0.289. The summed E-state index contributed by atoms with van der Waals surface area (Å²) in [4.78, 5) is 0. The molecule has 1 heterocycles. The molecule has 1 unspecified atom stereocenters. The molecule has 1 aliphatic carbocycles. The van der Waals surface area contributed by atoms with Gasteiger partial charge in [0.15, 0.2) is 0 Å². The summed E-state index contributed by atoms with van der Waals surface area (Å²) in [5, 5.41) is 8.86. The fourth-order valence-electron chi connectivity index (χ4n) is 2.21. The first-order chi connectivity index (χ1) is 8.28.